The van der Waals surface area contributed by atoms with E-state index in [1.165, 1.54) is 5.69 Å². The molecule has 0 bridgehead atoms. The minimum Gasteiger partial charge on any atom is -0.399 e. The van der Waals surface area contributed by atoms with Crippen molar-refractivity contribution >= 4 is 11.4 Å². The Morgan fingerprint density at radius 2 is 1.68 bits per heavy atom. The first-order chi connectivity index (χ1) is 16.5. The Kier molecular flexibility index (Phi) is 8.24. The standard InChI is InChI=1S/C26H42N8/c1-22-16-24(6-7-26(22)27)34-19-23(29-9-5-11-33-15-13-31(3)21-33)17-25(34)18-28-8-4-10-32-14-12-30(2)20-32/h6-7,12-16,20-21,23,25,28-29H,4-5,8-11,17-19,27H2,1-3H3/q+2. The summed E-state index contributed by atoms with van der Waals surface area (Å²) in [6.07, 6.45) is 16.1. The number of nitrogens with two attached hydrogens (primary N) is 1. The highest BCUT2D eigenvalue weighted by Gasteiger charge is 2.31. The van der Waals surface area contributed by atoms with Crippen LogP contribution in [0.4, 0.5) is 11.4 Å². The van der Waals surface area contributed by atoms with E-state index in [1.54, 1.807) is 0 Å². The summed E-state index contributed by atoms with van der Waals surface area (Å²) >= 11 is 0. The lowest BCUT2D eigenvalue weighted by atomic mass is 10.1. The molecule has 1 aliphatic rings. The smallest absolute Gasteiger partial charge is 0.243 e. The van der Waals surface area contributed by atoms with Gasteiger partial charge in [-0.25, -0.2) is 18.3 Å². The predicted molar refractivity (Wildman–Crippen MR) is 136 cm³/mol. The Balaban J connectivity index is 1.27. The largest absolute Gasteiger partial charge is 0.399 e. The zero-order chi connectivity index (χ0) is 23.9. The van der Waals surface area contributed by atoms with Crippen LogP contribution in [0.1, 0.15) is 24.8 Å². The molecule has 1 saturated heterocycles. The third-order valence-electron chi connectivity index (χ3n) is 6.82. The molecule has 4 rings (SSSR count). The van der Waals surface area contributed by atoms with Crippen LogP contribution >= 0.6 is 0 Å². The average Bonchev–Trinajstić information content (AvgIpc) is 3.53. The first-order valence-electron chi connectivity index (χ1n) is 12.6. The molecule has 2 aromatic heterocycles. The monoisotopic (exact) mass is 466 g/mol. The fourth-order valence-corrected chi connectivity index (χ4v) is 4.90. The maximum atomic E-state index is 6.09. The van der Waals surface area contributed by atoms with E-state index < -0.39 is 0 Å². The van der Waals surface area contributed by atoms with Gasteiger partial charge in [0.25, 0.3) is 0 Å². The Hall–Kier alpha value is -2.84. The Morgan fingerprint density at radius 3 is 2.29 bits per heavy atom. The molecule has 1 fully saturated rings. The molecule has 1 aliphatic heterocycles. The summed E-state index contributed by atoms with van der Waals surface area (Å²) in [4.78, 5) is 2.56. The second kappa shape index (κ2) is 11.5. The van der Waals surface area contributed by atoms with Gasteiger partial charge in [0.1, 0.15) is 24.8 Å². The second-order valence-electron chi connectivity index (χ2n) is 9.78. The molecule has 0 radical (unpaired) electrons. The molecular formula is C26H42N8+2. The zero-order valence-corrected chi connectivity index (χ0v) is 21.0. The molecule has 3 aromatic rings. The van der Waals surface area contributed by atoms with E-state index in [9.17, 15) is 0 Å². The maximum Gasteiger partial charge on any atom is 0.243 e. The molecule has 0 spiro atoms. The summed E-state index contributed by atoms with van der Waals surface area (Å²) < 4.78 is 8.67. The number of nitrogens with one attached hydrogen (secondary N) is 2. The topological polar surface area (TPSA) is 70.9 Å². The molecule has 2 unspecified atom stereocenters. The summed E-state index contributed by atoms with van der Waals surface area (Å²) in [5.74, 6) is 0. The zero-order valence-electron chi connectivity index (χ0n) is 21.0. The molecule has 34 heavy (non-hydrogen) atoms. The van der Waals surface area contributed by atoms with Crippen LogP contribution in [0.5, 0.6) is 0 Å². The van der Waals surface area contributed by atoms with Crippen LogP contribution in [-0.4, -0.2) is 47.4 Å². The third kappa shape index (κ3) is 6.61. The van der Waals surface area contributed by atoms with Crippen molar-refractivity contribution in [3.05, 3.63) is 61.2 Å². The second-order valence-corrected chi connectivity index (χ2v) is 9.78. The number of rotatable bonds is 12. The van der Waals surface area contributed by atoms with Gasteiger partial charge in [0.05, 0.1) is 27.2 Å². The molecule has 0 aliphatic carbocycles. The van der Waals surface area contributed by atoms with Gasteiger partial charge in [0.15, 0.2) is 0 Å². The fourth-order valence-electron chi connectivity index (χ4n) is 4.90. The summed E-state index contributed by atoms with van der Waals surface area (Å²) in [7, 11) is 4.13. The lowest BCUT2D eigenvalue weighted by Gasteiger charge is -2.27. The van der Waals surface area contributed by atoms with Gasteiger partial charge < -0.3 is 21.3 Å². The van der Waals surface area contributed by atoms with Crippen molar-refractivity contribution < 1.29 is 9.13 Å². The minimum absolute atomic E-state index is 0.480. The van der Waals surface area contributed by atoms with Gasteiger partial charge in [-0.3, -0.25) is 0 Å². The quantitative estimate of drug-likeness (QED) is 0.213. The van der Waals surface area contributed by atoms with E-state index >= 15 is 0 Å². The van der Waals surface area contributed by atoms with Gasteiger partial charge in [0.2, 0.25) is 12.7 Å². The molecular weight excluding hydrogens is 424 g/mol. The van der Waals surface area contributed by atoms with Gasteiger partial charge in [-0.05, 0) is 63.0 Å². The Bertz CT molecular complexity index is 1040. The van der Waals surface area contributed by atoms with E-state index in [2.05, 4.69) is 104 Å². The molecule has 8 nitrogen and oxygen atoms in total. The number of hydrogen-bond acceptors (Lipinski definition) is 4. The average molecular weight is 467 g/mol. The van der Waals surface area contributed by atoms with Crippen molar-refractivity contribution in [3.8, 4) is 0 Å². The SMILES string of the molecule is Cc1cc(N2CC(NCCCn3cc[n+](C)c3)CC2CNCCCn2cc[n+](C)c2)ccc1N. The van der Waals surface area contributed by atoms with Gasteiger partial charge in [0, 0.05) is 36.5 Å². The van der Waals surface area contributed by atoms with E-state index in [0.717, 1.165) is 69.8 Å². The van der Waals surface area contributed by atoms with Crippen molar-refractivity contribution in [2.75, 3.05) is 36.8 Å². The van der Waals surface area contributed by atoms with Gasteiger partial charge in [-0.1, -0.05) is 0 Å². The highest BCUT2D eigenvalue weighted by molar-refractivity contribution is 5.59. The number of nitrogen functional groups attached to an aromatic ring is 1. The van der Waals surface area contributed by atoms with Crippen LogP contribution in [0, 0.1) is 6.92 Å². The number of nitrogens with zero attached hydrogens (tertiary/aromatic N) is 5. The van der Waals surface area contributed by atoms with Crippen LogP contribution in [0.15, 0.2) is 55.6 Å². The van der Waals surface area contributed by atoms with Crippen LogP contribution in [-0.2, 0) is 27.2 Å². The van der Waals surface area contributed by atoms with Crippen LogP contribution < -0.4 is 30.4 Å². The fraction of sp³-hybridized carbons (Fsp3) is 0.538. The highest BCUT2D eigenvalue weighted by atomic mass is 15.2. The number of aromatic nitrogens is 4. The molecule has 3 heterocycles. The summed E-state index contributed by atoms with van der Waals surface area (Å²) in [6, 6.07) is 7.45. The van der Waals surface area contributed by atoms with Crippen LogP contribution in [0.25, 0.3) is 0 Å². The predicted octanol–water partition coefficient (Wildman–Crippen LogP) is 1.14. The summed E-state index contributed by atoms with van der Waals surface area (Å²) in [5.41, 5.74) is 9.39. The van der Waals surface area contributed by atoms with Crippen molar-refractivity contribution in [2.24, 2.45) is 14.1 Å². The minimum atomic E-state index is 0.480. The highest BCUT2D eigenvalue weighted by Crippen LogP contribution is 2.28. The number of imidazole rings is 2. The Morgan fingerprint density at radius 1 is 1.00 bits per heavy atom. The lowest BCUT2D eigenvalue weighted by molar-refractivity contribution is -0.671. The first-order valence-corrected chi connectivity index (χ1v) is 12.6. The third-order valence-corrected chi connectivity index (χ3v) is 6.82. The first kappa shape index (κ1) is 24.3. The van der Waals surface area contributed by atoms with Crippen molar-refractivity contribution in [1.82, 2.24) is 19.8 Å². The van der Waals surface area contributed by atoms with Crippen molar-refractivity contribution in [3.63, 3.8) is 0 Å². The summed E-state index contributed by atoms with van der Waals surface area (Å²) in [5, 5.41) is 7.54. The molecule has 0 saturated carbocycles. The number of anilines is 2. The van der Waals surface area contributed by atoms with E-state index in [1.807, 2.05) is 6.07 Å². The number of aryl methyl sites for hydroxylation is 5. The van der Waals surface area contributed by atoms with Gasteiger partial charge >= 0.3 is 0 Å². The van der Waals surface area contributed by atoms with E-state index in [0.29, 0.717) is 12.1 Å². The van der Waals surface area contributed by atoms with Crippen molar-refractivity contribution in [1.29, 1.82) is 0 Å². The molecule has 4 N–H and O–H groups in total. The number of hydrogen-bond donors (Lipinski definition) is 3. The number of benzene rings is 1. The molecule has 8 heteroatoms. The maximum absolute atomic E-state index is 6.09. The van der Waals surface area contributed by atoms with E-state index in [-0.39, 0.29) is 0 Å². The van der Waals surface area contributed by atoms with Crippen molar-refractivity contribution in [2.45, 2.75) is 51.4 Å². The lowest BCUT2D eigenvalue weighted by Crippen LogP contribution is -2.38. The van der Waals surface area contributed by atoms with Gasteiger partial charge in [-0.15, -0.1) is 0 Å². The Labute approximate surface area is 204 Å². The summed E-state index contributed by atoms with van der Waals surface area (Å²) in [6.45, 7) is 8.29. The van der Waals surface area contributed by atoms with Crippen LogP contribution in [0.2, 0.25) is 0 Å². The van der Waals surface area contributed by atoms with Crippen LogP contribution in [0.3, 0.4) is 0 Å². The molecule has 184 valence electrons. The van der Waals surface area contributed by atoms with E-state index in [4.69, 9.17) is 5.73 Å². The van der Waals surface area contributed by atoms with Gasteiger partial charge in [-0.2, -0.15) is 0 Å². The normalized spacial score (nSPS) is 18.1. The molecule has 2 atom stereocenters. The molecule has 0 amide bonds. The molecule has 1 aromatic carbocycles.